The van der Waals surface area contributed by atoms with Crippen molar-refractivity contribution < 1.29 is 0 Å². The molecule has 2 rings (SSSR count). The lowest BCUT2D eigenvalue weighted by atomic mass is 9.75. The monoisotopic (exact) mass is 239 g/mol. The summed E-state index contributed by atoms with van der Waals surface area (Å²) in [7, 11) is 0. The van der Waals surface area contributed by atoms with Crippen molar-refractivity contribution in [3.8, 4) is 0 Å². The van der Waals surface area contributed by atoms with Gasteiger partial charge >= 0.3 is 0 Å². The Balaban J connectivity index is 2.18. The van der Waals surface area contributed by atoms with Crippen molar-refractivity contribution in [3.63, 3.8) is 0 Å². The average Bonchev–Trinajstić information content (AvgIpc) is 2.61. The second kappa shape index (κ2) is 4.70. The molecular weight excluding hydrogens is 218 g/mol. The van der Waals surface area contributed by atoms with E-state index in [1.54, 1.807) is 0 Å². The van der Waals surface area contributed by atoms with Gasteiger partial charge < -0.3 is 4.57 Å². The van der Waals surface area contributed by atoms with E-state index in [-0.39, 0.29) is 0 Å². The normalized spacial score (nSPS) is 19.9. The number of aromatic nitrogens is 3. The minimum absolute atomic E-state index is 0.421. The van der Waals surface area contributed by atoms with Crippen LogP contribution in [-0.4, -0.2) is 14.8 Å². The Bertz CT molecular complexity index is 399. The topological polar surface area (TPSA) is 33.6 Å². The van der Waals surface area contributed by atoms with E-state index >= 15 is 0 Å². The Kier molecular flexibility index (Phi) is 3.47. The largest absolute Gasteiger partial charge is 0.304 e. The van der Waals surface area contributed by atoms with E-state index in [0.717, 1.165) is 23.6 Å². The van der Waals surface area contributed by atoms with Gasteiger partial charge in [-0.1, -0.05) is 33.1 Å². The minimum atomic E-state index is 0.421. The molecule has 1 N–H and O–H groups in total. The number of rotatable bonds is 3. The zero-order valence-electron chi connectivity index (χ0n) is 10.3. The molecule has 1 fully saturated rings. The van der Waals surface area contributed by atoms with Gasteiger partial charge in [-0.25, -0.2) is 0 Å². The Morgan fingerprint density at radius 1 is 1.38 bits per heavy atom. The Hall–Kier alpha value is -0.640. The molecule has 0 spiro atoms. The van der Waals surface area contributed by atoms with Gasteiger partial charge in [0, 0.05) is 13.0 Å². The summed E-state index contributed by atoms with van der Waals surface area (Å²) < 4.78 is 2.98. The molecule has 3 nitrogen and oxygen atoms in total. The fourth-order valence-corrected chi connectivity index (χ4v) is 2.94. The van der Waals surface area contributed by atoms with Crippen LogP contribution in [0.25, 0.3) is 0 Å². The van der Waals surface area contributed by atoms with E-state index in [2.05, 4.69) is 28.6 Å². The first-order chi connectivity index (χ1) is 7.64. The lowest BCUT2D eigenvalue weighted by Gasteiger charge is -2.34. The van der Waals surface area contributed by atoms with Crippen LogP contribution in [-0.2, 0) is 13.0 Å². The Morgan fingerprint density at radius 3 is 2.69 bits per heavy atom. The summed E-state index contributed by atoms with van der Waals surface area (Å²) in [4.78, 5) is 0. The van der Waals surface area contributed by atoms with Crippen molar-refractivity contribution in [2.24, 2.45) is 5.41 Å². The predicted molar refractivity (Wildman–Crippen MR) is 68.0 cm³/mol. The fourth-order valence-electron chi connectivity index (χ4n) is 2.73. The van der Waals surface area contributed by atoms with E-state index in [9.17, 15) is 0 Å². The fraction of sp³-hybridized carbons (Fsp3) is 0.833. The highest BCUT2D eigenvalue weighted by atomic mass is 32.1. The average molecular weight is 239 g/mol. The molecule has 0 bridgehead atoms. The van der Waals surface area contributed by atoms with Crippen molar-refractivity contribution in [2.45, 2.75) is 58.9 Å². The third-order valence-corrected chi connectivity index (χ3v) is 4.07. The van der Waals surface area contributed by atoms with Crippen molar-refractivity contribution in [1.82, 2.24) is 14.8 Å². The summed E-state index contributed by atoms with van der Waals surface area (Å²) in [6.45, 7) is 5.55. The summed E-state index contributed by atoms with van der Waals surface area (Å²) in [5.41, 5.74) is 0.421. The lowest BCUT2D eigenvalue weighted by molar-refractivity contribution is 0.180. The molecule has 90 valence electrons. The highest BCUT2D eigenvalue weighted by molar-refractivity contribution is 7.71. The second-order valence-electron chi connectivity index (χ2n) is 5.26. The quantitative estimate of drug-likeness (QED) is 0.819. The summed E-state index contributed by atoms with van der Waals surface area (Å²) in [5, 5.41) is 7.19. The molecule has 1 aromatic heterocycles. The number of hydrogen-bond donors (Lipinski definition) is 1. The SMILES string of the molecule is CCc1n[nH]c(=S)n1CC1(C)CCCCC1. The van der Waals surface area contributed by atoms with Gasteiger partial charge in [-0.2, -0.15) is 5.10 Å². The number of hydrogen-bond acceptors (Lipinski definition) is 2. The summed E-state index contributed by atoms with van der Waals surface area (Å²) in [5.74, 6) is 1.09. The Labute approximate surface area is 102 Å². The van der Waals surface area contributed by atoms with E-state index in [4.69, 9.17) is 12.2 Å². The second-order valence-corrected chi connectivity index (χ2v) is 5.64. The molecule has 1 aliphatic rings. The van der Waals surface area contributed by atoms with Crippen LogP contribution in [0.2, 0.25) is 0 Å². The van der Waals surface area contributed by atoms with E-state index in [1.807, 2.05) is 0 Å². The maximum absolute atomic E-state index is 5.30. The maximum atomic E-state index is 5.30. The third kappa shape index (κ3) is 2.37. The molecule has 16 heavy (non-hydrogen) atoms. The first-order valence-electron chi connectivity index (χ1n) is 6.29. The number of aromatic amines is 1. The van der Waals surface area contributed by atoms with Crippen LogP contribution in [0.1, 0.15) is 51.8 Å². The first-order valence-corrected chi connectivity index (χ1v) is 6.69. The molecule has 0 aromatic carbocycles. The number of aryl methyl sites for hydroxylation is 1. The van der Waals surface area contributed by atoms with Gasteiger partial charge in [0.25, 0.3) is 0 Å². The number of nitrogens with zero attached hydrogens (tertiary/aromatic N) is 2. The van der Waals surface area contributed by atoms with E-state index in [1.165, 1.54) is 32.1 Å². The van der Waals surface area contributed by atoms with Crippen LogP contribution >= 0.6 is 12.2 Å². The van der Waals surface area contributed by atoms with Gasteiger partial charge in [-0.15, -0.1) is 0 Å². The molecule has 0 atom stereocenters. The zero-order chi connectivity index (χ0) is 11.6. The van der Waals surface area contributed by atoms with Gasteiger partial charge in [0.1, 0.15) is 5.82 Å². The number of nitrogens with one attached hydrogen (secondary N) is 1. The molecule has 0 aliphatic heterocycles. The van der Waals surface area contributed by atoms with Crippen LogP contribution < -0.4 is 0 Å². The van der Waals surface area contributed by atoms with Crippen molar-refractivity contribution in [1.29, 1.82) is 0 Å². The molecule has 1 aliphatic carbocycles. The highest BCUT2D eigenvalue weighted by Gasteiger charge is 2.28. The Morgan fingerprint density at radius 2 is 2.06 bits per heavy atom. The molecule has 4 heteroatoms. The molecule has 1 heterocycles. The lowest BCUT2D eigenvalue weighted by Crippen LogP contribution is -2.27. The summed E-state index contributed by atoms with van der Waals surface area (Å²) >= 11 is 5.30. The molecule has 0 radical (unpaired) electrons. The molecule has 0 unspecified atom stereocenters. The van der Waals surface area contributed by atoms with E-state index in [0.29, 0.717) is 5.41 Å². The van der Waals surface area contributed by atoms with Crippen molar-refractivity contribution in [2.75, 3.05) is 0 Å². The van der Waals surface area contributed by atoms with Crippen LogP contribution in [0.5, 0.6) is 0 Å². The van der Waals surface area contributed by atoms with Crippen LogP contribution in [0.4, 0.5) is 0 Å². The van der Waals surface area contributed by atoms with Crippen molar-refractivity contribution in [3.05, 3.63) is 10.6 Å². The van der Waals surface area contributed by atoms with Gasteiger partial charge in [-0.05, 0) is 30.5 Å². The minimum Gasteiger partial charge on any atom is -0.304 e. The highest BCUT2D eigenvalue weighted by Crippen LogP contribution is 2.37. The van der Waals surface area contributed by atoms with Gasteiger partial charge in [0.2, 0.25) is 0 Å². The van der Waals surface area contributed by atoms with Gasteiger partial charge in [-0.3, -0.25) is 5.10 Å². The standard InChI is InChI=1S/C12H21N3S/c1-3-10-13-14-11(16)15(10)9-12(2)7-5-4-6-8-12/h3-9H2,1-2H3,(H,14,16). The number of H-pyrrole nitrogens is 1. The first kappa shape index (κ1) is 11.8. The molecule has 1 saturated carbocycles. The van der Waals surface area contributed by atoms with Crippen LogP contribution in [0.15, 0.2) is 0 Å². The van der Waals surface area contributed by atoms with Gasteiger partial charge in [0.05, 0.1) is 0 Å². The molecular formula is C12H21N3S. The van der Waals surface area contributed by atoms with Crippen LogP contribution in [0, 0.1) is 10.2 Å². The van der Waals surface area contributed by atoms with Gasteiger partial charge in [0.15, 0.2) is 4.77 Å². The maximum Gasteiger partial charge on any atom is 0.195 e. The molecule has 0 amide bonds. The van der Waals surface area contributed by atoms with Crippen LogP contribution in [0.3, 0.4) is 0 Å². The molecule has 0 saturated heterocycles. The summed E-state index contributed by atoms with van der Waals surface area (Å²) in [6, 6.07) is 0. The van der Waals surface area contributed by atoms with Crippen molar-refractivity contribution >= 4 is 12.2 Å². The molecule has 1 aromatic rings. The summed E-state index contributed by atoms with van der Waals surface area (Å²) in [6.07, 6.45) is 7.72. The third-order valence-electron chi connectivity index (χ3n) is 3.75. The smallest absolute Gasteiger partial charge is 0.195 e. The predicted octanol–water partition coefficient (Wildman–Crippen LogP) is 3.47. The van der Waals surface area contributed by atoms with E-state index < -0.39 is 0 Å². The zero-order valence-corrected chi connectivity index (χ0v) is 11.1.